The van der Waals surface area contributed by atoms with Crippen LogP contribution in [0.3, 0.4) is 0 Å². The van der Waals surface area contributed by atoms with Crippen LogP contribution in [0.15, 0.2) is 41.1 Å². The van der Waals surface area contributed by atoms with Gasteiger partial charge in [-0.1, -0.05) is 13.0 Å². The monoisotopic (exact) mass is 319 g/mol. The van der Waals surface area contributed by atoms with Gasteiger partial charge in [-0.05, 0) is 53.2 Å². The van der Waals surface area contributed by atoms with Gasteiger partial charge in [-0.2, -0.15) is 0 Å². The van der Waals surface area contributed by atoms with Crippen molar-refractivity contribution >= 4 is 15.9 Å². The van der Waals surface area contributed by atoms with Crippen molar-refractivity contribution in [1.29, 1.82) is 0 Å². The molecule has 0 aliphatic carbocycles. The molecule has 2 aromatic heterocycles. The fraction of sp³-hybridized carbons (Fsp3) is 0.333. The van der Waals surface area contributed by atoms with E-state index in [4.69, 9.17) is 0 Å². The molecule has 0 atom stereocenters. The van der Waals surface area contributed by atoms with Gasteiger partial charge < -0.3 is 0 Å². The smallest absolute Gasteiger partial charge is 0.0547 e. The fourth-order valence-electron chi connectivity index (χ4n) is 2.00. The Labute approximate surface area is 122 Å². The second-order valence-corrected chi connectivity index (χ2v) is 5.50. The molecule has 0 saturated carbocycles. The van der Waals surface area contributed by atoms with Crippen LogP contribution < -0.4 is 0 Å². The fourth-order valence-corrected chi connectivity index (χ4v) is 2.41. The quantitative estimate of drug-likeness (QED) is 0.843. The summed E-state index contributed by atoms with van der Waals surface area (Å²) in [5.41, 5.74) is 3.39. The molecule has 2 heterocycles. The molecule has 0 aliphatic rings. The van der Waals surface area contributed by atoms with Crippen molar-refractivity contribution in [3.8, 4) is 0 Å². The maximum absolute atomic E-state index is 4.55. The SMILES string of the molecule is CCN(Cc1cncc(Br)c1)Cc1cccc(C)n1. The molecule has 19 heavy (non-hydrogen) atoms. The Hall–Kier alpha value is -1.26. The number of aromatic nitrogens is 2. The van der Waals surface area contributed by atoms with Gasteiger partial charge in [0, 0.05) is 35.6 Å². The molecule has 0 aromatic carbocycles. The average Bonchev–Trinajstić information content (AvgIpc) is 2.38. The van der Waals surface area contributed by atoms with Crippen LogP contribution in [-0.4, -0.2) is 21.4 Å². The highest BCUT2D eigenvalue weighted by molar-refractivity contribution is 9.10. The summed E-state index contributed by atoms with van der Waals surface area (Å²) in [6.45, 7) is 6.94. The second-order valence-electron chi connectivity index (χ2n) is 4.58. The van der Waals surface area contributed by atoms with E-state index >= 15 is 0 Å². The van der Waals surface area contributed by atoms with Crippen molar-refractivity contribution in [2.45, 2.75) is 26.9 Å². The minimum atomic E-state index is 0.866. The van der Waals surface area contributed by atoms with E-state index in [-0.39, 0.29) is 0 Å². The zero-order valence-corrected chi connectivity index (χ0v) is 12.9. The molecule has 4 heteroatoms. The lowest BCUT2D eigenvalue weighted by Gasteiger charge is -2.20. The molecule has 0 fully saturated rings. The third kappa shape index (κ3) is 4.40. The van der Waals surface area contributed by atoms with Crippen LogP contribution in [0.25, 0.3) is 0 Å². The molecule has 0 aliphatic heterocycles. The lowest BCUT2D eigenvalue weighted by atomic mass is 10.2. The standard InChI is InChI=1S/C15H18BrN3/c1-3-19(10-13-7-14(16)9-17-8-13)11-15-6-4-5-12(2)18-15/h4-9H,3,10-11H2,1-2H3. The number of halogens is 1. The Kier molecular flexibility index (Phi) is 5.05. The first kappa shape index (κ1) is 14.2. The maximum atomic E-state index is 4.55. The summed E-state index contributed by atoms with van der Waals surface area (Å²) in [7, 11) is 0. The maximum Gasteiger partial charge on any atom is 0.0547 e. The minimum Gasteiger partial charge on any atom is -0.293 e. The first-order chi connectivity index (χ1) is 9.17. The Balaban J connectivity index is 2.04. The Morgan fingerprint density at radius 2 is 2.05 bits per heavy atom. The molecule has 0 unspecified atom stereocenters. The van der Waals surface area contributed by atoms with Crippen molar-refractivity contribution in [2.24, 2.45) is 0 Å². The summed E-state index contributed by atoms with van der Waals surface area (Å²) in [6, 6.07) is 8.28. The van der Waals surface area contributed by atoms with Crippen molar-refractivity contribution in [2.75, 3.05) is 6.54 Å². The van der Waals surface area contributed by atoms with Crippen molar-refractivity contribution in [3.05, 3.63) is 58.1 Å². The first-order valence-electron chi connectivity index (χ1n) is 6.41. The lowest BCUT2D eigenvalue weighted by Crippen LogP contribution is -2.23. The highest BCUT2D eigenvalue weighted by Crippen LogP contribution is 2.13. The molecule has 0 bridgehead atoms. The van der Waals surface area contributed by atoms with Crippen molar-refractivity contribution in [3.63, 3.8) is 0 Å². The second kappa shape index (κ2) is 6.78. The molecule has 0 spiro atoms. The Bertz CT molecular complexity index is 495. The molecule has 0 amide bonds. The molecular formula is C15H18BrN3. The van der Waals surface area contributed by atoms with Crippen LogP contribution in [0.5, 0.6) is 0 Å². The molecule has 2 aromatic rings. The molecular weight excluding hydrogens is 302 g/mol. The van der Waals surface area contributed by atoms with Crippen molar-refractivity contribution < 1.29 is 0 Å². The molecule has 3 nitrogen and oxygen atoms in total. The van der Waals surface area contributed by atoms with E-state index in [0.717, 1.165) is 35.5 Å². The highest BCUT2D eigenvalue weighted by atomic mass is 79.9. The van der Waals surface area contributed by atoms with E-state index < -0.39 is 0 Å². The molecule has 2 rings (SSSR count). The highest BCUT2D eigenvalue weighted by Gasteiger charge is 2.06. The zero-order valence-electron chi connectivity index (χ0n) is 11.3. The van der Waals surface area contributed by atoms with Crippen LogP contribution in [0, 0.1) is 6.92 Å². The van der Waals surface area contributed by atoms with Crippen molar-refractivity contribution in [1.82, 2.24) is 14.9 Å². The molecule has 0 saturated heterocycles. The van der Waals surface area contributed by atoms with Gasteiger partial charge in [0.05, 0.1) is 5.69 Å². The van der Waals surface area contributed by atoms with Gasteiger partial charge in [-0.3, -0.25) is 14.9 Å². The number of rotatable bonds is 5. The van der Waals surface area contributed by atoms with Gasteiger partial charge in [-0.25, -0.2) is 0 Å². The minimum absolute atomic E-state index is 0.866. The molecule has 100 valence electrons. The normalized spacial score (nSPS) is 10.9. The summed E-state index contributed by atoms with van der Waals surface area (Å²) in [5, 5.41) is 0. The Morgan fingerprint density at radius 3 is 2.74 bits per heavy atom. The van der Waals surface area contributed by atoms with Gasteiger partial charge in [0.1, 0.15) is 0 Å². The van der Waals surface area contributed by atoms with E-state index in [0.29, 0.717) is 0 Å². The predicted octanol–water partition coefficient (Wildman–Crippen LogP) is 3.57. The number of hydrogen-bond acceptors (Lipinski definition) is 3. The summed E-state index contributed by atoms with van der Waals surface area (Å²) < 4.78 is 1.02. The topological polar surface area (TPSA) is 29.0 Å². The number of pyridine rings is 2. The van der Waals surface area contributed by atoms with E-state index in [1.165, 1.54) is 5.56 Å². The number of nitrogens with zero attached hydrogens (tertiary/aromatic N) is 3. The van der Waals surface area contributed by atoms with Crippen LogP contribution in [-0.2, 0) is 13.1 Å². The summed E-state index contributed by atoms with van der Waals surface area (Å²) in [5.74, 6) is 0. The van der Waals surface area contributed by atoms with E-state index in [1.807, 2.05) is 25.4 Å². The summed E-state index contributed by atoms with van der Waals surface area (Å²) >= 11 is 3.46. The first-order valence-corrected chi connectivity index (χ1v) is 7.21. The average molecular weight is 320 g/mol. The van der Waals surface area contributed by atoms with Crippen LogP contribution in [0.2, 0.25) is 0 Å². The lowest BCUT2D eigenvalue weighted by molar-refractivity contribution is 0.267. The van der Waals surface area contributed by atoms with Crippen LogP contribution in [0.1, 0.15) is 23.9 Å². The Morgan fingerprint density at radius 1 is 1.21 bits per heavy atom. The summed E-state index contributed by atoms with van der Waals surface area (Å²) in [4.78, 5) is 11.1. The number of hydrogen-bond donors (Lipinski definition) is 0. The van der Waals surface area contributed by atoms with Crippen LogP contribution >= 0.6 is 15.9 Å². The number of aryl methyl sites for hydroxylation is 1. The van der Waals surface area contributed by atoms with Crippen LogP contribution in [0.4, 0.5) is 0 Å². The van der Waals surface area contributed by atoms with Gasteiger partial charge in [-0.15, -0.1) is 0 Å². The summed E-state index contributed by atoms with van der Waals surface area (Å²) in [6.07, 6.45) is 3.72. The predicted molar refractivity (Wildman–Crippen MR) is 80.7 cm³/mol. The molecule has 0 radical (unpaired) electrons. The molecule has 0 N–H and O–H groups in total. The zero-order chi connectivity index (χ0) is 13.7. The third-order valence-corrected chi connectivity index (χ3v) is 3.38. The largest absolute Gasteiger partial charge is 0.293 e. The van der Waals surface area contributed by atoms with Gasteiger partial charge >= 0.3 is 0 Å². The van der Waals surface area contributed by atoms with E-state index in [1.54, 1.807) is 0 Å². The van der Waals surface area contributed by atoms with E-state index in [9.17, 15) is 0 Å². The van der Waals surface area contributed by atoms with Gasteiger partial charge in [0.25, 0.3) is 0 Å². The van der Waals surface area contributed by atoms with Gasteiger partial charge in [0.2, 0.25) is 0 Å². The van der Waals surface area contributed by atoms with Gasteiger partial charge in [0.15, 0.2) is 0 Å². The van der Waals surface area contributed by atoms with E-state index in [2.05, 4.69) is 55.9 Å². The third-order valence-electron chi connectivity index (χ3n) is 2.95.